The predicted molar refractivity (Wildman–Crippen MR) is 157 cm³/mol. The number of halogens is 2. The third-order valence-corrected chi connectivity index (χ3v) is 7.17. The molecule has 0 unspecified atom stereocenters. The first-order valence-corrected chi connectivity index (χ1v) is 13.2. The maximum atomic E-state index is 16.2. The van der Waals surface area contributed by atoms with Gasteiger partial charge in [-0.15, -0.1) is 6.42 Å². The van der Waals surface area contributed by atoms with Gasteiger partial charge in [0, 0.05) is 61.2 Å². The van der Waals surface area contributed by atoms with Crippen molar-refractivity contribution in [3.05, 3.63) is 89.9 Å². The highest BCUT2D eigenvalue weighted by Gasteiger charge is 2.27. The summed E-state index contributed by atoms with van der Waals surface area (Å²) in [4.78, 5) is 33.4. The average molecular weight is 563 g/mol. The first-order chi connectivity index (χ1) is 20.5. The van der Waals surface area contributed by atoms with E-state index in [0.717, 1.165) is 16.8 Å². The third-order valence-electron chi connectivity index (χ3n) is 7.17. The number of terminal acetylenes is 1. The van der Waals surface area contributed by atoms with E-state index in [4.69, 9.17) is 11.2 Å². The minimum absolute atomic E-state index is 0.0152. The van der Waals surface area contributed by atoms with Crippen LogP contribution in [-0.4, -0.2) is 64.0 Å². The lowest BCUT2D eigenvalue weighted by Gasteiger charge is -2.35. The summed E-state index contributed by atoms with van der Waals surface area (Å²) >= 11 is 0. The van der Waals surface area contributed by atoms with Crippen molar-refractivity contribution in [2.75, 3.05) is 38.2 Å². The molecule has 5 aromatic rings. The molecule has 0 saturated carbocycles. The molecule has 208 valence electrons. The predicted octanol–water partition coefficient (Wildman–Crippen LogP) is 5.03. The quantitative estimate of drug-likeness (QED) is 0.220. The molecule has 42 heavy (non-hydrogen) atoms. The SMILES string of the molecule is C#Cc1cccc2cccc(-c3ncc4c(N5CCN(C(=O)/C(F)=C/c6ccccn6)CC5)nc(OC)nc4c3F)c12. The Morgan fingerprint density at radius 2 is 1.81 bits per heavy atom. The number of methoxy groups -OCH3 is 1. The lowest BCUT2D eigenvalue weighted by Crippen LogP contribution is -2.49. The number of rotatable bonds is 5. The van der Waals surface area contributed by atoms with Gasteiger partial charge in [0.2, 0.25) is 0 Å². The Balaban J connectivity index is 1.33. The molecular weight excluding hydrogens is 538 g/mol. The summed E-state index contributed by atoms with van der Waals surface area (Å²) in [6, 6.07) is 16.1. The van der Waals surface area contributed by atoms with Gasteiger partial charge in [0.15, 0.2) is 11.6 Å². The third kappa shape index (κ3) is 4.86. The number of pyridine rings is 2. The number of hydrogen-bond donors (Lipinski definition) is 0. The monoisotopic (exact) mass is 562 g/mol. The number of hydrogen-bond acceptors (Lipinski definition) is 7. The molecule has 1 fully saturated rings. The number of carbonyl (C=O) groups excluding carboxylic acids is 1. The molecule has 0 spiro atoms. The fourth-order valence-electron chi connectivity index (χ4n) is 5.13. The summed E-state index contributed by atoms with van der Waals surface area (Å²) in [7, 11) is 1.40. The molecule has 0 aliphatic carbocycles. The molecule has 1 saturated heterocycles. The fraction of sp³-hybridized carbons (Fsp3) is 0.156. The summed E-state index contributed by atoms with van der Waals surface area (Å²) in [5.74, 6) is 0.842. The van der Waals surface area contributed by atoms with E-state index in [1.54, 1.807) is 30.3 Å². The van der Waals surface area contributed by atoms with Gasteiger partial charge in [-0.2, -0.15) is 9.97 Å². The fourth-order valence-corrected chi connectivity index (χ4v) is 5.13. The molecule has 2 aromatic carbocycles. The van der Waals surface area contributed by atoms with Crippen LogP contribution in [0.3, 0.4) is 0 Å². The van der Waals surface area contributed by atoms with E-state index in [9.17, 15) is 9.18 Å². The van der Waals surface area contributed by atoms with Crippen LogP contribution in [0, 0.1) is 18.2 Å². The van der Waals surface area contributed by atoms with Gasteiger partial charge in [-0.25, -0.2) is 8.78 Å². The van der Waals surface area contributed by atoms with Gasteiger partial charge in [0.1, 0.15) is 17.0 Å². The Morgan fingerprint density at radius 3 is 2.52 bits per heavy atom. The summed E-state index contributed by atoms with van der Waals surface area (Å²) in [5.41, 5.74) is 1.68. The van der Waals surface area contributed by atoms with Crippen LogP contribution in [0.25, 0.3) is 39.0 Å². The van der Waals surface area contributed by atoms with Gasteiger partial charge >= 0.3 is 6.01 Å². The van der Waals surface area contributed by atoms with Crippen molar-refractivity contribution < 1.29 is 18.3 Å². The second-order valence-electron chi connectivity index (χ2n) is 9.60. The largest absolute Gasteiger partial charge is 0.467 e. The van der Waals surface area contributed by atoms with E-state index in [1.807, 2.05) is 29.2 Å². The van der Waals surface area contributed by atoms with Gasteiger partial charge in [-0.1, -0.05) is 42.3 Å². The second kappa shape index (κ2) is 11.2. The number of amides is 1. The van der Waals surface area contributed by atoms with Crippen LogP contribution in [0.2, 0.25) is 0 Å². The van der Waals surface area contributed by atoms with Gasteiger partial charge in [-0.05, 0) is 23.6 Å². The highest BCUT2D eigenvalue weighted by molar-refractivity contribution is 6.02. The Labute approximate surface area is 240 Å². The maximum absolute atomic E-state index is 16.2. The van der Waals surface area contributed by atoms with Crippen LogP contribution in [0.15, 0.2) is 72.8 Å². The molecule has 0 bridgehead atoms. The smallest absolute Gasteiger partial charge is 0.318 e. The van der Waals surface area contributed by atoms with Crippen molar-refractivity contribution >= 4 is 39.5 Å². The van der Waals surface area contributed by atoms with E-state index in [0.29, 0.717) is 41.1 Å². The summed E-state index contributed by atoms with van der Waals surface area (Å²) in [5, 5.41) is 1.97. The molecule has 1 aliphatic heterocycles. The minimum atomic E-state index is -0.892. The molecule has 1 aliphatic rings. The zero-order valence-corrected chi connectivity index (χ0v) is 22.6. The van der Waals surface area contributed by atoms with Crippen molar-refractivity contribution in [1.82, 2.24) is 24.8 Å². The topological polar surface area (TPSA) is 84.3 Å². The Bertz CT molecular complexity index is 1890. The van der Waals surface area contributed by atoms with Crippen LogP contribution in [0.5, 0.6) is 6.01 Å². The first kappa shape index (κ1) is 26.8. The highest BCUT2D eigenvalue weighted by Crippen LogP contribution is 2.36. The van der Waals surface area contributed by atoms with E-state index >= 15 is 4.39 Å². The molecule has 10 heteroatoms. The Kier molecular flexibility index (Phi) is 7.15. The van der Waals surface area contributed by atoms with Crippen LogP contribution in [0.4, 0.5) is 14.6 Å². The molecule has 0 N–H and O–H groups in total. The summed E-state index contributed by atoms with van der Waals surface area (Å²) < 4.78 is 36.2. The number of fused-ring (bicyclic) bond motifs is 2. The van der Waals surface area contributed by atoms with Crippen molar-refractivity contribution in [1.29, 1.82) is 0 Å². The molecule has 6 rings (SSSR count). The van der Waals surface area contributed by atoms with E-state index in [2.05, 4.69) is 25.9 Å². The number of benzene rings is 2. The average Bonchev–Trinajstić information content (AvgIpc) is 3.04. The number of aromatic nitrogens is 4. The van der Waals surface area contributed by atoms with Crippen LogP contribution in [-0.2, 0) is 4.79 Å². The first-order valence-electron chi connectivity index (χ1n) is 13.2. The molecule has 1 amide bonds. The van der Waals surface area contributed by atoms with Gasteiger partial charge in [-0.3, -0.25) is 14.8 Å². The van der Waals surface area contributed by atoms with Gasteiger partial charge in [0.25, 0.3) is 5.91 Å². The molecule has 3 aromatic heterocycles. The number of ether oxygens (including phenoxy) is 1. The zero-order valence-electron chi connectivity index (χ0n) is 22.6. The Hall–Kier alpha value is -5.43. The van der Waals surface area contributed by atoms with E-state index in [-0.39, 0.29) is 30.3 Å². The van der Waals surface area contributed by atoms with Crippen LogP contribution >= 0.6 is 0 Å². The molecular formula is C32H24F2N6O2. The van der Waals surface area contributed by atoms with Crippen molar-refractivity contribution in [3.8, 4) is 29.6 Å². The lowest BCUT2D eigenvalue weighted by atomic mass is 9.97. The van der Waals surface area contributed by atoms with Crippen molar-refractivity contribution in [2.45, 2.75) is 0 Å². The normalized spacial score (nSPS) is 13.8. The number of anilines is 1. The molecule has 4 heterocycles. The number of piperazine rings is 1. The number of carbonyl (C=O) groups is 1. The maximum Gasteiger partial charge on any atom is 0.318 e. The van der Waals surface area contributed by atoms with Gasteiger partial charge < -0.3 is 14.5 Å². The lowest BCUT2D eigenvalue weighted by molar-refractivity contribution is -0.128. The summed E-state index contributed by atoms with van der Waals surface area (Å²) in [6.45, 7) is 1.12. The van der Waals surface area contributed by atoms with E-state index in [1.165, 1.54) is 24.4 Å². The molecule has 0 radical (unpaired) electrons. The Morgan fingerprint density at radius 1 is 1.02 bits per heavy atom. The van der Waals surface area contributed by atoms with E-state index < -0.39 is 17.6 Å². The number of nitrogens with zero attached hydrogens (tertiary/aromatic N) is 6. The standard InChI is InChI=1S/C32H24F2N6O2/c1-3-20-8-6-9-21-10-7-12-23(26(20)21)28-27(34)29-24(19-36-28)30(38-32(37-29)42-2)39-14-16-40(17-15-39)31(41)25(33)18-22-11-4-5-13-35-22/h1,4-13,18-19H,14-17H2,2H3/b25-18-. The molecule has 8 nitrogen and oxygen atoms in total. The summed E-state index contributed by atoms with van der Waals surface area (Å²) in [6.07, 6.45) is 9.93. The highest BCUT2D eigenvalue weighted by atomic mass is 19.1. The van der Waals surface area contributed by atoms with Crippen molar-refractivity contribution in [3.63, 3.8) is 0 Å². The minimum Gasteiger partial charge on any atom is -0.467 e. The molecule has 0 atom stereocenters. The van der Waals surface area contributed by atoms with Crippen LogP contribution < -0.4 is 9.64 Å². The van der Waals surface area contributed by atoms with Crippen molar-refractivity contribution in [2.24, 2.45) is 0 Å². The second-order valence-corrected chi connectivity index (χ2v) is 9.60. The zero-order chi connectivity index (χ0) is 29.2. The van der Waals surface area contributed by atoms with Gasteiger partial charge in [0.05, 0.1) is 18.2 Å². The van der Waals surface area contributed by atoms with Crippen LogP contribution in [0.1, 0.15) is 11.3 Å².